The van der Waals surface area contributed by atoms with Gasteiger partial charge < -0.3 is 15.5 Å². The van der Waals surface area contributed by atoms with Crippen molar-refractivity contribution in [1.82, 2.24) is 14.9 Å². The minimum Gasteiger partial charge on any atom is -0.376 e. The Balaban J connectivity index is 1.51. The highest BCUT2D eigenvalue weighted by Gasteiger charge is 2.28. The van der Waals surface area contributed by atoms with Gasteiger partial charge in [-0.2, -0.15) is 5.26 Å². The van der Waals surface area contributed by atoms with E-state index in [0.29, 0.717) is 18.7 Å². The number of nitrogens with zero attached hydrogens (tertiary/aromatic N) is 2. The fourth-order valence-electron chi connectivity index (χ4n) is 3.87. The van der Waals surface area contributed by atoms with Crippen molar-refractivity contribution in [2.45, 2.75) is 61.9 Å². The third-order valence-corrected chi connectivity index (χ3v) is 6.84. The topological polar surface area (TPSA) is 131 Å². The molecule has 2 fully saturated rings. The van der Waals surface area contributed by atoms with E-state index < -0.39 is 16.1 Å². The number of amides is 3. The molecule has 1 aliphatic heterocycles. The molecule has 10 heteroatoms. The Kier molecular flexibility index (Phi) is 7.15. The lowest BCUT2D eigenvalue weighted by Crippen LogP contribution is -2.45. The Morgan fingerprint density at radius 3 is 2.43 bits per heavy atom. The summed E-state index contributed by atoms with van der Waals surface area (Å²) in [5.74, 6) is -0.170. The molecule has 1 aliphatic carbocycles. The van der Waals surface area contributed by atoms with E-state index in [1.54, 1.807) is 4.90 Å². The molecule has 1 saturated carbocycles. The van der Waals surface area contributed by atoms with Crippen LogP contribution in [0.3, 0.4) is 0 Å². The first-order valence-electron chi connectivity index (χ1n) is 10.3. The maximum atomic E-state index is 12.4. The summed E-state index contributed by atoms with van der Waals surface area (Å²) in [6.07, 6.45) is 6.43. The first kappa shape index (κ1) is 21.9. The van der Waals surface area contributed by atoms with Crippen LogP contribution in [0.2, 0.25) is 0 Å². The van der Waals surface area contributed by atoms with E-state index in [2.05, 4.69) is 16.7 Å². The quantitative estimate of drug-likeness (QED) is 0.628. The van der Waals surface area contributed by atoms with Crippen LogP contribution >= 0.6 is 0 Å². The lowest BCUT2D eigenvalue weighted by molar-refractivity contribution is -0.129. The fraction of sp³-hybridized carbons (Fsp3) is 0.550. The van der Waals surface area contributed by atoms with Gasteiger partial charge in [-0.3, -0.25) is 4.79 Å². The summed E-state index contributed by atoms with van der Waals surface area (Å²) in [6, 6.07) is 6.86. The van der Waals surface area contributed by atoms with Gasteiger partial charge >= 0.3 is 6.03 Å². The number of anilines is 1. The van der Waals surface area contributed by atoms with Crippen molar-refractivity contribution in [2.24, 2.45) is 0 Å². The highest BCUT2D eigenvalue weighted by atomic mass is 32.2. The number of nitriles is 1. The van der Waals surface area contributed by atoms with Crippen molar-refractivity contribution >= 4 is 27.6 Å². The fourth-order valence-corrected chi connectivity index (χ4v) is 4.79. The zero-order valence-corrected chi connectivity index (χ0v) is 17.6. The summed E-state index contributed by atoms with van der Waals surface area (Å²) < 4.78 is 26.9. The molecule has 9 nitrogen and oxygen atoms in total. The Bertz CT molecular complexity index is 904. The first-order valence-corrected chi connectivity index (χ1v) is 11.7. The van der Waals surface area contributed by atoms with Gasteiger partial charge in [-0.15, -0.1) is 0 Å². The maximum absolute atomic E-state index is 12.4. The summed E-state index contributed by atoms with van der Waals surface area (Å²) >= 11 is 0. The minimum absolute atomic E-state index is 0.00861. The average Bonchev–Trinajstić information content (AvgIpc) is 3.21. The number of carbonyl (C=O) groups is 2. The molecule has 0 bridgehead atoms. The molecule has 3 N–H and O–H groups in total. The van der Waals surface area contributed by atoms with Crippen LogP contribution in [-0.4, -0.2) is 50.4 Å². The summed E-state index contributed by atoms with van der Waals surface area (Å²) in [5.41, 5.74) is 0.571. The molecular weight excluding hydrogens is 406 g/mol. The third kappa shape index (κ3) is 5.63. The van der Waals surface area contributed by atoms with Crippen molar-refractivity contribution in [3.8, 4) is 6.07 Å². The number of carbonyl (C=O) groups excluding carboxylic acids is 2. The van der Waals surface area contributed by atoms with E-state index in [0.717, 1.165) is 38.5 Å². The van der Waals surface area contributed by atoms with Gasteiger partial charge in [-0.1, -0.05) is 19.3 Å². The van der Waals surface area contributed by atoms with Gasteiger partial charge in [0.25, 0.3) is 10.0 Å². The number of urea groups is 1. The van der Waals surface area contributed by atoms with Gasteiger partial charge in [0.15, 0.2) is 0 Å². The predicted molar refractivity (Wildman–Crippen MR) is 111 cm³/mol. The number of hydrogen-bond donors (Lipinski definition) is 3. The molecule has 3 amide bonds. The Labute approximate surface area is 176 Å². The summed E-state index contributed by atoms with van der Waals surface area (Å²) in [5, 5.41) is 14.7. The number of likely N-dealkylation sites (tertiary alicyclic amines) is 1. The van der Waals surface area contributed by atoms with Crippen LogP contribution in [0.15, 0.2) is 29.2 Å². The molecule has 0 spiro atoms. The Morgan fingerprint density at radius 2 is 1.77 bits per heavy atom. The number of hydrogen-bond acceptors (Lipinski definition) is 6. The summed E-state index contributed by atoms with van der Waals surface area (Å²) in [7, 11) is -3.98. The highest BCUT2D eigenvalue weighted by molar-refractivity contribution is 7.90. The molecular formula is C20H27N5O4S. The normalized spacial score (nSPS) is 19.7. The van der Waals surface area contributed by atoms with Crippen LogP contribution < -0.4 is 15.4 Å². The lowest BCUT2D eigenvalue weighted by Gasteiger charge is -2.22. The second-order valence-corrected chi connectivity index (χ2v) is 9.35. The Morgan fingerprint density at radius 1 is 1.07 bits per heavy atom. The highest BCUT2D eigenvalue weighted by Crippen LogP contribution is 2.19. The summed E-state index contributed by atoms with van der Waals surface area (Å²) in [6.45, 7) is 0.594. The molecule has 1 heterocycles. The molecule has 0 radical (unpaired) electrons. The molecule has 30 heavy (non-hydrogen) atoms. The van der Waals surface area contributed by atoms with Crippen LogP contribution in [0.4, 0.5) is 10.5 Å². The van der Waals surface area contributed by atoms with Gasteiger partial charge in [0.05, 0.1) is 17.5 Å². The number of nitrogens with one attached hydrogen (secondary N) is 3. The van der Waals surface area contributed by atoms with Crippen molar-refractivity contribution in [2.75, 3.05) is 18.4 Å². The standard InChI is InChI=1S/C20H27N5O4S/c21-13-17-7-4-12-25(17)19(26)14-22-15-8-10-18(11-9-15)30(28,29)24-20(27)23-16-5-2-1-3-6-16/h8-11,16-17,22H,1-7,12,14H2,(H2,23,24,27)/t17-/m0/s1. The van der Waals surface area contributed by atoms with Crippen molar-refractivity contribution in [1.29, 1.82) is 5.26 Å². The molecule has 3 rings (SSSR count). The summed E-state index contributed by atoms with van der Waals surface area (Å²) in [4.78, 5) is 25.8. The van der Waals surface area contributed by atoms with Gasteiger partial charge in [0, 0.05) is 18.3 Å². The van der Waals surface area contributed by atoms with Gasteiger partial charge in [-0.05, 0) is 49.9 Å². The monoisotopic (exact) mass is 433 g/mol. The number of benzene rings is 1. The van der Waals surface area contributed by atoms with E-state index in [1.165, 1.54) is 24.3 Å². The SMILES string of the molecule is N#C[C@@H]1CCCN1C(=O)CNc1ccc(S(=O)(=O)NC(=O)NC2CCCCC2)cc1. The molecule has 0 unspecified atom stereocenters. The van der Waals surface area contributed by atoms with E-state index in [4.69, 9.17) is 5.26 Å². The lowest BCUT2D eigenvalue weighted by atomic mass is 9.96. The zero-order chi connectivity index (χ0) is 21.6. The van der Waals surface area contributed by atoms with Crippen LogP contribution in [0.25, 0.3) is 0 Å². The van der Waals surface area contributed by atoms with Crippen molar-refractivity contribution in [3.05, 3.63) is 24.3 Å². The van der Waals surface area contributed by atoms with Gasteiger partial charge in [-0.25, -0.2) is 17.9 Å². The van der Waals surface area contributed by atoms with Gasteiger partial charge in [0.1, 0.15) is 6.04 Å². The van der Waals surface area contributed by atoms with Crippen molar-refractivity contribution in [3.63, 3.8) is 0 Å². The predicted octanol–water partition coefficient (Wildman–Crippen LogP) is 1.93. The maximum Gasteiger partial charge on any atom is 0.328 e. The molecule has 1 aromatic rings. The second-order valence-electron chi connectivity index (χ2n) is 7.67. The van der Waals surface area contributed by atoms with Crippen molar-refractivity contribution < 1.29 is 18.0 Å². The van der Waals surface area contributed by atoms with E-state index in [1.807, 2.05) is 4.72 Å². The van der Waals surface area contributed by atoms with Crippen LogP contribution in [0, 0.1) is 11.3 Å². The average molecular weight is 434 g/mol. The van der Waals surface area contributed by atoms with E-state index >= 15 is 0 Å². The van der Waals surface area contributed by atoms with E-state index in [9.17, 15) is 18.0 Å². The van der Waals surface area contributed by atoms with Gasteiger partial charge in [0.2, 0.25) is 5.91 Å². The zero-order valence-electron chi connectivity index (χ0n) is 16.8. The number of sulfonamides is 1. The molecule has 0 aromatic heterocycles. The smallest absolute Gasteiger partial charge is 0.328 e. The first-order chi connectivity index (χ1) is 14.4. The molecule has 1 atom stereocenters. The Hall–Kier alpha value is -2.80. The van der Waals surface area contributed by atoms with E-state index in [-0.39, 0.29) is 29.4 Å². The second kappa shape index (κ2) is 9.80. The van der Waals surface area contributed by atoms with Crippen LogP contribution in [0.1, 0.15) is 44.9 Å². The minimum atomic E-state index is -3.98. The molecule has 162 valence electrons. The van der Waals surface area contributed by atoms with Crippen LogP contribution in [-0.2, 0) is 14.8 Å². The number of rotatable bonds is 6. The molecule has 1 aromatic carbocycles. The van der Waals surface area contributed by atoms with Crippen LogP contribution in [0.5, 0.6) is 0 Å². The molecule has 1 saturated heterocycles. The third-order valence-electron chi connectivity index (χ3n) is 5.50. The largest absolute Gasteiger partial charge is 0.376 e. The molecule has 2 aliphatic rings.